The number of nitrogens with zero attached hydrogens (tertiary/aromatic N) is 4. The second-order valence-corrected chi connectivity index (χ2v) is 5.14. The maximum absolute atomic E-state index is 11.6. The van der Waals surface area contributed by atoms with Gasteiger partial charge in [0.25, 0.3) is 0 Å². The predicted octanol–water partition coefficient (Wildman–Crippen LogP) is 2.88. The first-order valence-corrected chi connectivity index (χ1v) is 6.82. The van der Waals surface area contributed by atoms with Gasteiger partial charge in [0, 0.05) is 6.04 Å². The molecule has 0 atom stereocenters. The first-order valence-electron chi connectivity index (χ1n) is 6.82. The van der Waals surface area contributed by atoms with E-state index in [4.69, 9.17) is 4.74 Å². The highest BCUT2D eigenvalue weighted by atomic mass is 16.6. The minimum absolute atomic E-state index is 0.183. The zero-order valence-corrected chi connectivity index (χ0v) is 12.6. The molecule has 1 amide bonds. The largest absolute Gasteiger partial charge is 0.447 e. The summed E-state index contributed by atoms with van der Waals surface area (Å²) < 4.78 is 6.94. The number of ether oxygens (including phenoxy) is 1. The van der Waals surface area contributed by atoms with Crippen LogP contribution in [0.4, 0.5) is 10.6 Å². The lowest BCUT2D eigenvalue weighted by Crippen LogP contribution is -2.18. The molecule has 1 N–H and O–H groups in total. The molecule has 0 bridgehead atoms. The van der Waals surface area contributed by atoms with Crippen molar-refractivity contribution in [3.8, 4) is 11.5 Å². The maximum Gasteiger partial charge on any atom is 0.413 e. The molecule has 0 aliphatic rings. The second kappa shape index (κ2) is 6.34. The molecule has 0 fully saturated rings. The fourth-order valence-electron chi connectivity index (χ4n) is 1.78. The Hall–Kier alpha value is -2.44. The Kier molecular flexibility index (Phi) is 4.52. The standard InChI is InChI=1S/C14H19N5O2/c1-9(2)19-8-15-18-13(19)11-6-5-7-12(16-11)17-14(20)21-10(3)4/h5-10H,1-4H3,(H,16,17,20). The Morgan fingerprint density at radius 2 is 2.05 bits per heavy atom. The number of nitrogens with one attached hydrogen (secondary N) is 1. The summed E-state index contributed by atoms with van der Waals surface area (Å²) >= 11 is 0. The van der Waals surface area contributed by atoms with Gasteiger partial charge in [0.05, 0.1) is 6.10 Å². The van der Waals surface area contributed by atoms with Gasteiger partial charge in [-0.2, -0.15) is 0 Å². The molecule has 0 saturated heterocycles. The molecule has 0 aliphatic heterocycles. The Morgan fingerprint density at radius 1 is 1.29 bits per heavy atom. The van der Waals surface area contributed by atoms with Gasteiger partial charge in [-0.1, -0.05) is 6.07 Å². The summed E-state index contributed by atoms with van der Waals surface area (Å²) in [6.45, 7) is 7.65. The van der Waals surface area contributed by atoms with Gasteiger partial charge in [-0.15, -0.1) is 10.2 Å². The monoisotopic (exact) mass is 289 g/mol. The molecule has 7 nitrogen and oxygen atoms in total. The first-order chi connectivity index (χ1) is 9.97. The molecule has 112 valence electrons. The molecule has 2 rings (SSSR count). The molecule has 0 radical (unpaired) electrons. The van der Waals surface area contributed by atoms with Crippen LogP contribution in [0.5, 0.6) is 0 Å². The van der Waals surface area contributed by atoms with Crippen molar-refractivity contribution in [3.63, 3.8) is 0 Å². The summed E-state index contributed by atoms with van der Waals surface area (Å²) in [6.07, 6.45) is 0.951. The van der Waals surface area contributed by atoms with Crippen molar-refractivity contribution >= 4 is 11.9 Å². The van der Waals surface area contributed by atoms with Gasteiger partial charge in [-0.05, 0) is 39.8 Å². The van der Waals surface area contributed by atoms with Crippen LogP contribution in [-0.2, 0) is 4.74 Å². The second-order valence-electron chi connectivity index (χ2n) is 5.14. The molecule has 0 aliphatic carbocycles. The van der Waals surface area contributed by atoms with Crippen LogP contribution in [0, 0.1) is 0 Å². The lowest BCUT2D eigenvalue weighted by atomic mass is 10.3. The molecule has 0 unspecified atom stereocenters. The van der Waals surface area contributed by atoms with Crippen molar-refractivity contribution in [2.24, 2.45) is 0 Å². The third-order valence-electron chi connectivity index (χ3n) is 2.68. The van der Waals surface area contributed by atoms with Crippen molar-refractivity contribution < 1.29 is 9.53 Å². The minimum Gasteiger partial charge on any atom is -0.447 e. The van der Waals surface area contributed by atoms with E-state index in [9.17, 15) is 4.79 Å². The summed E-state index contributed by atoms with van der Waals surface area (Å²) in [6, 6.07) is 5.54. The van der Waals surface area contributed by atoms with Crippen molar-refractivity contribution in [2.75, 3.05) is 5.32 Å². The Balaban J connectivity index is 2.21. The summed E-state index contributed by atoms with van der Waals surface area (Å²) in [7, 11) is 0. The number of rotatable bonds is 4. The van der Waals surface area contributed by atoms with E-state index in [2.05, 4.69) is 20.5 Å². The normalized spacial score (nSPS) is 11.0. The number of anilines is 1. The Labute approximate surface area is 123 Å². The van der Waals surface area contributed by atoms with Gasteiger partial charge in [0.2, 0.25) is 0 Å². The van der Waals surface area contributed by atoms with Crippen LogP contribution < -0.4 is 5.32 Å². The predicted molar refractivity (Wildman–Crippen MR) is 78.9 cm³/mol. The third-order valence-corrected chi connectivity index (χ3v) is 2.68. The van der Waals surface area contributed by atoms with Crippen molar-refractivity contribution in [1.29, 1.82) is 0 Å². The number of amides is 1. The molecule has 0 saturated carbocycles. The average molecular weight is 289 g/mol. The number of pyridine rings is 1. The molecule has 2 heterocycles. The smallest absolute Gasteiger partial charge is 0.413 e. The van der Waals surface area contributed by atoms with E-state index in [1.807, 2.05) is 24.5 Å². The van der Waals surface area contributed by atoms with Crippen molar-refractivity contribution in [3.05, 3.63) is 24.5 Å². The molecule has 0 spiro atoms. The van der Waals surface area contributed by atoms with E-state index in [0.29, 0.717) is 17.3 Å². The van der Waals surface area contributed by atoms with Crippen LogP contribution in [-0.4, -0.2) is 31.9 Å². The number of hydrogen-bond donors (Lipinski definition) is 1. The van der Waals surface area contributed by atoms with Crippen LogP contribution in [0.25, 0.3) is 11.5 Å². The molecule has 21 heavy (non-hydrogen) atoms. The van der Waals surface area contributed by atoms with Gasteiger partial charge in [0.1, 0.15) is 17.8 Å². The maximum atomic E-state index is 11.6. The third kappa shape index (κ3) is 3.77. The Bertz CT molecular complexity index is 621. The van der Waals surface area contributed by atoms with Gasteiger partial charge >= 0.3 is 6.09 Å². The summed E-state index contributed by atoms with van der Waals surface area (Å²) in [5, 5.41) is 10.6. The van der Waals surface area contributed by atoms with E-state index in [-0.39, 0.29) is 12.1 Å². The highest BCUT2D eigenvalue weighted by Gasteiger charge is 2.13. The van der Waals surface area contributed by atoms with E-state index in [1.165, 1.54) is 0 Å². The number of hydrogen-bond acceptors (Lipinski definition) is 5. The average Bonchev–Trinajstić information content (AvgIpc) is 2.87. The fourth-order valence-corrected chi connectivity index (χ4v) is 1.78. The molecule has 2 aromatic heterocycles. The molecule has 7 heteroatoms. The molecule has 0 aromatic carbocycles. The van der Waals surface area contributed by atoms with Crippen molar-refractivity contribution in [1.82, 2.24) is 19.7 Å². The van der Waals surface area contributed by atoms with Crippen LogP contribution in [0.2, 0.25) is 0 Å². The zero-order valence-electron chi connectivity index (χ0n) is 12.6. The lowest BCUT2D eigenvalue weighted by Gasteiger charge is -2.11. The summed E-state index contributed by atoms with van der Waals surface area (Å²) in [4.78, 5) is 16.0. The highest BCUT2D eigenvalue weighted by Crippen LogP contribution is 2.19. The molecular formula is C14H19N5O2. The van der Waals surface area contributed by atoms with Gasteiger partial charge < -0.3 is 9.30 Å². The van der Waals surface area contributed by atoms with Crippen LogP contribution in [0.1, 0.15) is 33.7 Å². The summed E-state index contributed by atoms with van der Waals surface area (Å²) in [5.41, 5.74) is 0.642. The van der Waals surface area contributed by atoms with E-state index >= 15 is 0 Å². The lowest BCUT2D eigenvalue weighted by molar-refractivity contribution is 0.130. The zero-order chi connectivity index (χ0) is 15.4. The first kappa shape index (κ1) is 15.0. The van der Waals surface area contributed by atoms with Gasteiger partial charge in [-0.3, -0.25) is 5.32 Å². The van der Waals surface area contributed by atoms with E-state index in [0.717, 1.165) is 0 Å². The molecular weight excluding hydrogens is 270 g/mol. The minimum atomic E-state index is -0.528. The summed E-state index contributed by atoms with van der Waals surface area (Å²) in [5.74, 6) is 1.07. The van der Waals surface area contributed by atoms with Crippen LogP contribution in [0.15, 0.2) is 24.5 Å². The van der Waals surface area contributed by atoms with Crippen LogP contribution in [0.3, 0.4) is 0 Å². The van der Waals surface area contributed by atoms with E-state index in [1.54, 1.807) is 32.3 Å². The number of carbonyl (C=O) groups is 1. The number of carbonyl (C=O) groups excluding carboxylic acids is 1. The Morgan fingerprint density at radius 3 is 2.71 bits per heavy atom. The van der Waals surface area contributed by atoms with E-state index < -0.39 is 6.09 Å². The van der Waals surface area contributed by atoms with Crippen molar-refractivity contribution in [2.45, 2.75) is 39.8 Å². The van der Waals surface area contributed by atoms with Gasteiger partial charge in [0.15, 0.2) is 5.82 Å². The highest BCUT2D eigenvalue weighted by molar-refractivity contribution is 5.83. The fraction of sp³-hybridized carbons (Fsp3) is 0.429. The number of aromatic nitrogens is 4. The molecule has 2 aromatic rings. The topological polar surface area (TPSA) is 81.9 Å². The quantitative estimate of drug-likeness (QED) is 0.935. The van der Waals surface area contributed by atoms with Crippen LogP contribution >= 0.6 is 0 Å². The van der Waals surface area contributed by atoms with Gasteiger partial charge in [-0.25, -0.2) is 9.78 Å². The SMILES string of the molecule is CC(C)OC(=O)Nc1cccc(-c2nncn2C(C)C)n1.